The van der Waals surface area contributed by atoms with Gasteiger partial charge >= 0.3 is 0 Å². The summed E-state index contributed by atoms with van der Waals surface area (Å²) in [4.78, 5) is 25.5. The van der Waals surface area contributed by atoms with Gasteiger partial charge in [-0.3, -0.25) is 14.0 Å². The molecule has 1 fully saturated rings. The molecule has 0 radical (unpaired) electrons. The molecule has 1 N–H and O–H groups in total. The fourth-order valence-corrected chi connectivity index (χ4v) is 4.13. The van der Waals surface area contributed by atoms with Crippen molar-refractivity contribution in [3.05, 3.63) is 58.9 Å². The largest absolute Gasteiger partial charge is 0.497 e. The first-order chi connectivity index (χ1) is 14.7. The van der Waals surface area contributed by atoms with Crippen LogP contribution < -0.4 is 15.6 Å². The Hall–Kier alpha value is -3.33. The van der Waals surface area contributed by atoms with Crippen LogP contribution in [0.25, 0.3) is 22.4 Å². The molecule has 2 heterocycles. The summed E-state index contributed by atoms with van der Waals surface area (Å²) in [7, 11) is 1.58. The lowest BCUT2D eigenvalue weighted by molar-refractivity contribution is -0.118. The number of hydrogen-bond acceptors (Lipinski definition) is 6. The predicted molar refractivity (Wildman–Crippen MR) is 115 cm³/mol. The molecule has 1 aliphatic rings. The SMILES string of the molecule is COc1cccc(-n2c(=O)c3ccccc3n3c(SCC(=O)NC4CC4)nnc23)c1. The van der Waals surface area contributed by atoms with Crippen molar-refractivity contribution in [1.29, 1.82) is 0 Å². The number of methoxy groups -OCH3 is 1. The Morgan fingerprint density at radius 3 is 2.83 bits per heavy atom. The van der Waals surface area contributed by atoms with Crippen LogP contribution >= 0.6 is 11.8 Å². The van der Waals surface area contributed by atoms with E-state index < -0.39 is 0 Å². The number of carbonyl (C=O) groups is 1. The third-order valence-electron chi connectivity index (χ3n) is 4.98. The van der Waals surface area contributed by atoms with Crippen LogP contribution in [0.1, 0.15) is 12.8 Å². The first-order valence-electron chi connectivity index (χ1n) is 9.61. The first-order valence-corrected chi connectivity index (χ1v) is 10.6. The number of nitrogens with zero attached hydrogens (tertiary/aromatic N) is 4. The fourth-order valence-electron chi connectivity index (χ4n) is 3.38. The molecule has 9 heteroatoms. The number of aromatic nitrogens is 4. The second kappa shape index (κ2) is 7.49. The van der Waals surface area contributed by atoms with Crippen LogP contribution in [0.2, 0.25) is 0 Å². The molecule has 1 saturated carbocycles. The van der Waals surface area contributed by atoms with E-state index in [2.05, 4.69) is 15.5 Å². The van der Waals surface area contributed by atoms with Gasteiger partial charge in [0, 0.05) is 12.1 Å². The number of ether oxygens (including phenoxy) is 1. The number of amides is 1. The molecular weight excluding hydrogens is 402 g/mol. The highest BCUT2D eigenvalue weighted by Crippen LogP contribution is 2.25. The fraction of sp³-hybridized carbons (Fsp3) is 0.238. The standard InChI is InChI=1S/C21H19N5O3S/c1-29-15-6-4-5-14(11-15)25-19(28)16-7-2-3-8-17(16)26-20(25)23-24-21(26)30-12-18(27)22-13-9-10-13/h2-8,11,13H,9-10,12H2,1H3,(H,22,27). The maximum absolute atomic E-state index is 13.3. The second-order valence-electron chi connectivity index (χ2n) is 7.11. The van der Waals surface area contributed by atoms with E-state index in [4.69, 9.17) is 4.74 Å². The number of para-hydroxylation sites is 1. The molecule has 2 aromatic heterocycles. The van der Waals surface area contributed by atoms with Crippen LogP contribution in [0.5, 0.6) is 5.75 Å². The van der Waals surface area contributed by atoms with Gasteiger partial charge in [-0.05, 0) is 37.1 Å². The van der Waals surface area contributed by atoms with Gasteiger partial charge in [-0.1, -0.05) is 30.0 Å². The molecule has 1 amide bonds. The topological polar surface area (TPSA) is 90.5 Å². The van der Waals surface area contributed by atoms with Crippen LogP contribution in [-0.2, 0) is 4.79 Å². The minimum Gasteiger partial charge on any atom is -0.497 e. The summed E-state index contributed by atoms with van der Waals surface area (Å²) in [6, 6.07) is 14.9. The minimum atomic E-state index is -0.193. The number of thioether (sulfide) groups is 1. The minimum absolute atomic E-state index is 0.0235. The average molecular weight is 421 g/mol. The normalized spacial score (nSPS) is 13.6. The number of hydrogen-bond donors (Lipinski definition) is 1. The van der Waals surface area contributed by atoms with Gasteiger partial charge in [-0.25, -0.2) is 4.57 Å². The van der Waals surface area contributed by atoms with Gasteiger partial charge in [0.25, 0.3) is 5.56 Å². The Morgan fingerprint density at radius 2 is 2.03 bits per heavy atom. The van der Waals surface area contributed by atoms with Crippen molar-refractivity contribution in [2.24, 2.45) is 0 Å². The maximum Gasteiger partial charge on any atom is 0.267 e. The Balaban J connectivity index is 1.66. The van der Waals surface area contributed by atoms with E-state index in [1.54, 1.807) is 19.2 Å². The summed E-state index contributed by atoms with van der Waals surface area (Å²) in [5, 5.41) is 12.7. The van der Waals surface area contributed by atoms with E-state index in [0.29, 0.717) is 39.3 Å². The summed E-state index contributed by atoms with van der Waals surface area (Å²) in [6.45, 7) is 0. The van der Waals surface area contributed by atoms with E-state index >= 15 is 0 Å². The highest BCUT2D eigenvalue weighted by Gasteiger charge is 2.24. The number of benzene rings is 2. The molecule has 30 heavy (non-hydrogen) atoms. The second-order valence-corrected chi connectivity index (χ2v) is 8.05. The van der Waals surface area contributed by atoms with E-state index in [-0.39, 0.29) is 17.2 Å². The third kappa shape index (κ3) is 3.30. The summed E-state index contributed by atoms with van der Waals surface area (Å²) >= 11 is 1.30. The van der Waals surface area contributed by atoms with E-state index in [1.807, 2.05) is 40.8 Å². The van der Waals surface area contributed by atoms with Gasteiger partial charge in [0.05, 0.1) is 29.5 Å². The molecule has 0 unspecified atom stereocenters. The zero-order valence-corrected chi connectivity index (χ0v) is 17.1. The molecule has 1 aliphatic carbocycles. The van der Waals surface area contributed by atoms with E-state index in [0.717, 1.165) is 12.8 Å². The Labute approximate surface area is 175 Å². The third-order valence-corrected chi connectivity index (χ3v) is 5.91. The monoisotopic (exact) mass is 421 g/mol. The van der Waals surface area contributed by atoms with Gasteiger partial charge in [-0.2, -0.15) is 0 Å². The van der Waals surface area contributed by atoms with E-state index in [1.165, 1.54) is 16.3 Å². The molecule has 2 aromatic carbocycles. The molecule has 0 spiro atoms. The Morgan fingerprint density at radius 1 is 1.20 bits per heavy atom. The number of rotatable bonds is 6. The van der Waals surface area contributed by atoms with Gasteiger partial charge in [-0.15, -0.1) is 10.2 Å². The summed E-state index contributed by atoms with van der Waals surface area (Å²) in [5.41, 5.74) is 1.14. The molecule has 0 aliphatic heterocycles. The van der Waals surface area contributed by atoms with Gasteiger partial charge in [0.15, 0.2) is 5.16 Å². The molecule has 4 aromatic rings. The molecule has 0 saturated heterocycles. The van der Waals surface area contributed by atoms with Crippen LogP contribution in [0.4, 0.5) is 0 Å². The summed E-state index contributed by atoms with van der Waals surface area (Å²) < 4.78 is 8.66. The van der Waals surface area contributed by atoms with Gasteiger partial charge in [0.1, 0.15) is 5.75 Å². The van der Waals surface area contributed by atoms with E-state index in [9.17, 15) is 9.59 Å². The van der Waals surface area contributed by atoms with Crippen LogP contribution in [-0.4, -0.2) is 44.0 Å². The first kappa shape index (κ1) is 18.7. The highest BCUT2D eigenvalue weighted by molar-refractivity contribution is 7.99. The summed E-state index contributed by atoms with van der Waals surface area (Å²) in [6.07, 6.45) is 2.09. The molecule has 8 nitrogen and oxygen atoms in total. The quantitative estimate of drug-likeness (QED) is 0.481. The number of fused-ring (bicyclic) bond motifs is 3. The van der Waals surface area contributed by atoms with Crippen molar-refractivity contribution in [1.82, 2.24) is 24.5 Å². The average Bonchev–Trinajstić information content (AvgIpc) is 3.49. The van der Waals surface area contributed by atoms with Gasteiger partial charge in [0.2, 0.25) is 11.7 Å². The molecular formula is C21H19N5O3S. The van der Waals surface area contributed by atoms with Crippen molar-refractivity contribution < 1.29 is 9.53 Å². The zero-order valence-electron chi connectivity index (χ0n) is 16.2. The van der Waals surface area contributed by atoms with Crippen molar-refractivity contribution >= 4 is 34.3 Å². The van der Waals surface area contributed by atoms with Crippen molar-refractivity contribution in [2.45, 2.75) is 24.0 Å². The lowest BCUT2D eigenvalue weighted by Crippen LogP contribution is -2.27. The smallest absolute Gasteiger partial charge is 0.267 e. The van der Waals surface area contributed by atoms with Gasteiger partial charge < -0.3 is 10.1 Å². The van der Waals surface area contributed by atoms with Crippen molar-refractivity contribution in [3.63, 3.8) is 0 Å². The van der Waals surface area contributed by atoms with Crippen LogP contribution in [0.15, 0.2) is 58.5 Å². The van der Waals surface area contributed by atoms with Crippen LogP contribution in [0.3, 0.4) is 0 Å². The number of carbonyl (C=O) groups excluding carboxylic acids is 1. The van der Waals surface area contributed by atoms with Crippen LogP contribution in [0, 0.1) is 0 Å². The lowest BCUT2D eigenvalue weighted by atomic mass is 10.2. The summed E-state index contributed by atoms with van der Waals surface area (Å²) in [5.74, 6) is 1.24. The molecule has 0 atom stereocenters. The molecule has 152 valence electrons. The lowest BCUT2D eigenvalue weighted by Gasteiger charge is -2.12. The number of nitrogens with one attached hydrogen (secondary N) is 1. The Bertz CT molecular complexity index is 1330. The highest BCUT2D eigenvalue weighted by atomic mass is 32.2. The predicted octanol–water partition coefficient (Wildman–Crippen LogP) is 2.41. The van der Waals surface area contributed by atoms with Crippen molar-refractivity contribution in [3.8, 4) is 11.4 Å². The molecule has 5 rings (SSSR count). The zero-order chi connectivity index (χ0) is 20.7. The van der Waals surface area contributed by atoms with Crippen molar-refractivity contribution in [2.75, 3.05) is 12.9 Å². The molecule has 0 bridgehead atoms. The maximum atomic E-state index is 13.3. The Kier molecular flexibility index (Phi) is 4.66.